The van der Waals surface area contributed by atoms with E-state index < -0.39 is 29.2 Å². The number of ketones is 1. The highest BCUT2D eigenvalue weighted by atomic mass is 35.5. The van der Waals surface area contributed by atoms with E-state index in [2.05, 4.69) is 0 Å². The molecule has 1 saturated carbocycles. The van der Waals surface area contributed by atoms with Gasteiger partial charge in [-0.3, -0.25) is 9.59 Å². The zero-order chi connectivity index (χ0) is 34.9. The number of carbonyl (C=O) groups is 3. The molecule has 1 fully saturated rings. The van der Waals surface area contributed by atoms with Gasteiger partial charge in [0.2, 0.25) is 0 Å². The third kappa shape index (κ3) is 7.50. The number of fused-ring (bicyclic) bond motifs is 1. The fourth-order valence-corrected chi connectivity index (χ4v) is 7.66. The molecular formula is C37H39ClF2N2O5S. The van der Waals surface area contributed by atoms with E-state index in [9.17, 15) is 23.2 Å². The van der Waals surface area contributed by atoms with E-state index in [0.29, 0.717) is 42.6 Å². The lowest BCUT2D eigenvalue weighted by molar-refractivity contribution is 0.0144. The Morgan fingerprint density at radius 3 is 2.21 bits per heavy atom. The number of Topliss-reactive ketones (excluding diaryl/α,β-unsaturated/α-hetero) is 1. The van der Waals surface area contributed by atoms with Crippen molar-refractivity contribution in [2.24, 2.45) is 0 Å². The minimum Gasteiger partial charge on any atom is -0.496 e. The van der Waals surface area contributed by atoms with Gasteiger partial charge in [0.15, 0.2) is 5.78 Å². The maximum Gasteiger partial charge on any atom is 0.410 e. The quantitative estimate of drug-likeness (QED) is 0.172. The predicted molar refractivity (Wildman–Crippen MR) is 185 cm³/mol. The van der Waals surface area contributed by atoms with Gasteiger partial charge in [0.1, 0.15) is 27.9 Å². The van der Waals surface area contributed by atoms with Crippen LogP contribution in [0, 0.1) is 11.6 Å². The van der Waals surface area contributed by atoms with Crippen molar-refractivity contribution in [2.45, 2.75) is 77.6 Å². The van der Waals surface area contributed by atoms with Crippen LogP contribution in [0.25, 0.3) is 21.2 Å². The average molecular weight is 697 g/mol. The third-order valence-electron chi connectivity index (χ3n) is 8.70. The summed E-state index contributed by atoms with van der Waals surface area (Å²) >= 11 is 7.45. The first-order chi connectivity index (χ1) is 22.7. The first kappa shape index (κ1) is 35.3. The fourth-order valence-electron chi connectivity index (χ4n) is 6.16. The molecular weight excluding hydrogens is 658 g/mol. The number of rotatable bonds is 8. The van der Waals surface area contributed by atoms with Crippen LogP contribution in [0.1, 0.15) is 79.0 Å². The molecule has 0 atom stereocenters. The number of halogens is 3. The van der Waals surface area contributed by atoms with Gasteiger partial charge in [-0.15, -0.1) is 11.3 Å². The molecule has 1 heterocycles. The highest BCUT2D eigenvalue weighted by Crippen LogP contribution is 2.41. The van der Waals surface area contributed by atoms with E-state index in [1.54, 1.807) is 30.0 Å². The van der Waals surface area contributed by atoms with Crippen LogP contribution >= 0.6 is 22.9 Å². The van der Waals surface area contributed by atoms with Crippen LogP contribution in [-0.4, -0.2) is 59.4 Å². The van der Waals surface area contributed by atoms with Crippen molar-refractivity contribution >= 4 is 50.8 Å². The molecule has 3 aromatic carbocycles. The summed E-state index contributed by atoms with van der Waals surface area (Å²) in [6.07, 6.45) is 1.95. The Morgan fingerprint density at radius 1 is 0.938 bits per heavy atom. The molecule has 0 saturated heterocycles. The standard InChI is InChI=1S/C37H39ClF2N2O5S/c1-21(43)22-8-7-9-23(18-22)24-10-17-30(46-6)25(19-24)20-42(27-13-11-26(12-14-27)41(5)36(45)47-37(2,3)4)35(44)34-32(38)31-28(39)15-16-29(40)33(31)48-34/h7-10,15-19,26-27H,11-14,20H2,1-6H3. The number of benzene rings is 3. The lowest BCUT2D eigenvalue weighted by Gasteiger charge is -2.40. The summed E-state index contributed by atoms with van der Waals surface area (Å²) in [6.45, 7) is 7.09. The van der Waals surface area contributed by atoms with Gasteiger partial charge in [-0.25, -0.2) is 13.6 Å². The molecule has 5 rings (SSSR count). The van der Waals surface area contributed by atoms with Crippen LogP contribution in [0.5, 0.6) is 5.75 Å². The van der Waals surface area contributed by atoms with Crippen molar-refractivity contribution in [3.63, 3.8) is 0 Å². The largest absolute Gasteiger partial charge is 0.496 e. The lowest BCUT2D eigenvalue weighted by atomic mass is 9.89. The number of nitrogens with zero attached hydrogens (tertiary/aromatic N) is 2. The third-order valence-corrected chi connectivity index (χ3v) is 10.4. The molecule has 4 aromatic rings. The molecule has 2 amide bonds. The van der Waals surface area contributed by atoms with Crippen molar-refractivity contribution in [3.05, 3.63) is 87.3 Å². The van der Waals surface area contributed by atoms with Crippen molar-refractivity contribution in [2.75, 3.05) is 14.2 Å². The molecule has 1 aliphatic rings. The Kier molecular flexibility index (Phi) is 10.5. The molecule has 7 nitrogen and oxygen atoms in total. The Balaban J connectivity index is 1.51. The van der Waals surface area contributed by atoms with Gasteiger partial charge in [0.05, 0.1) is 22.2 Å². The predicted octanol–water partition coefficient (Wildman–Crippen LogP) is 9.53. The molecule has 254 valence electrons. The molecule has 48 heavy (non-hydrogen) atoms. The normalized spacial score (nSPS) is 16.4. The fraction of sp³-hybridized carbons (Fsp3) is 0.378. The van der Waals surface area contributed by atoms with E-state index in [1.165, 1.54) is 6.92 Å². The number of methoxy groups -OCH3 is 1. The first-order valence-electron chi connectivity index (χ1n) is 15.8. The Hall–Kier alpha value is -4.02. The van der Waals surface area contributed by atoms with Crippen molar-refractivity contribution in [1.29, 1.82) is 0 Å². The molecule has 0 aliphatic heterocycles. The average Bonchev–Trinajstić information content (AvgIpc) is 3.42. The number of carbonyl (C=O) groups excluding carboxylic acids is 3. The molecule has 0 spiro atoms. The zero-order valence-corrected chi connectivity index (χ0v) is 29.4. The Bertz CT molecular complexity index is 1860. The summed E-state index contributed by atoms with van der Waals surface area (Å²) in [4.78, 5) is 42.7. The molecule has 11 heteroatoms. The van der Waals surface area contributed by atoms with Gasteiger partial charge < -0.3 is 19.3 Å². The SMILES string of the molecule is COc1ccc(-c2cccc(C(C)=O)c2)cc1CN(C(=O)c1sc2c(F)ccc(F)c2c1Cl)C1CCC(N(C)C(=O)OC(C)(C)C)CC1. The highest BCUT2D eigenvalue weighted by Gasteiger charge is 2.35. The summed E-state index contributed by atoms with van der Waals surface area (Å²) in [5.41, 5.74) is 2.31. The maximum absolute atomic E-state index is 14.8. The molecule has 1 aromatic heterocycles. The molecule has 0 radical (unpaired) electrons. The van der Waals surface area contributed by atoms with Gasteiger partial charge in [0.25, 0.3) is 5.91 Å². The van der Waals surface area contributed by atoms with Crippen LogP contribution in [0.4, 0.5) is 13.6 Å². The van der Waals surface area contributed by atoms with Crippen molar-refractivity contribution in [1.82, 2.24) is 9.80 Å². The smallest absolute Gasteiger partial charge is 0.410 e. The van der Waals surface area contributed by atoms with E-state index >= 15 is 0 Å². The molecule has 0 unspecified atom stereocenters. The van der Waals surface area contributed by atoms with Gasteiger partial charge in [0, 0.05) is 36.8 Å². The second-order valence-corrected chi connectivity index (χ2v) is 14.5. The second-order valence-electron chi connectivity index (χ2n) is 13.1. The number of hydrogen-bond acceptors (Lipinski definition) is 6. The molecule has 0 bridgehead atoms. The monoisotopic (exact) mass is 696 g/mol. The summed E-state index contributed by atoms with van der Waals surface area (Å²) < 4.78 is 40.9. The van der Waals surface area contributed by atoms with E-state index in [4.69, 9.17) is 21.1 Å². The first-order valence-corrected chi connectivity index (χ1v) is 17.0. The zero-order valence-electron chi connectivity index (χ0n) is 27.9. The Labute approximate surface area is 288 Å². The van der Waals surface area contributed by atoms with Gasteiger partial charge >= 0.3 is 6.09 Å². The summed E-state index contributed by atoms with van der Waals surface area (Å²) in [5, 5.41) is -0.236. The van der Waals surface area contributed by atoms with Gasteiger partial charge in [-0.2, -0.15) is 0 Å². The van der Waals surface area contributed by atoms with Crippen LogP contribution in [0.2, 0.25) is 5.02 Å². The number of amides is 2. The highest BCUT2D eigenvalue weighted by molar-refractivity contribution is 7.21. The summed E-state index contributed by atoms with van der Waals surface area (Å²) in [7, 11) is 3.27. The van der Waals surface area contributed by atoms with E-state index in [1.807, 2.05) is 57.2 Å². The lowest BCUT2D eigenvalue weighted by Crippen LogP contribution is -2.47. The summed E-state index contributed by atoms with van der Waals surface area (Å²) in [5.74, 6) is -1.31. The second kappa shape index (κ2) is 14.2. The van der Waals surface area contributed by atoms with Crippen LogP contribution in [0.3, 0.4) is 0 Å². The van der Waals surface area contributed by atoms with Crippen LogP contribution in [0.15, 0.2) is 54.6 Å². The van der Waals surface area contributed by atoms with E-state index in [0.717, 1.165) is 34.6 Å². The van der Waals surface area contributed by atoms with Crippen molar-refractivity contribution in [3.8, 4) is 16.9 Å². The van der Waals surface area contributed by atoms with Gasteiger partial charge in [-0.1, -0.05) is 35.9 Å². The Morgan fingerprint density at radius 2 is 1.58 bits per heavy atom. The topological polar surface area (TPSA) is 76.2 Å². The maximum atomic E-state index is 14.8. The minimum absolute atomic E-state index is 0.0177. The number of ether oxygens (including phenoxy) is 2. The van der Waals surface area contributed by atoms with Crippen LogP contribution in [-0.2, 0) is 11.3 Å². The summed E-state index contributed by atoms with van der Waals surface area (Å²) in [6, 6.07) is 14.6. The number of thiophene rings is 1. The minimum atomic E-state index is -0.703. The molecule has 0 N–H and O–H groups in total. The number of hydrogen-bond donors (Lipinski definition) is 0. The van der Waals surface area contributed by atoms with E-state index in [-0.39, 0.29) is 44.4 Å². The van der Waals surface area contributed by atoms with Crippen molar-refractivity contribution < 1.29 is 32.6 Å². The van der Waals surface area contributed by atoms with Crippen LogP contribution < -0.4 is 4.74 Å². The molecule has 1 aliphatic carbocycles. The van der Waals surface area contributed by atoms with Gasteiger partial charge in [-0.05, 0) is 94.8 Å².